The first-order valence-corrected chi connectivity index (χ1v) is 8.51. The van der Waals surface area contributed by atoms with Crippen molar-refractivity contribution in [3.8, 4) is 17.1 Å². The molecule has 1 N–H and O–H groups in total. The van der Waals surface area contributed by atoms with Gasteiger partial charge in [-0.15, -0.1) is 10.2 Å². The van der Waals surface area contributed by atoms with E-state index in [0.717, 1.165) is 5.56 Å². The van der Waals surface area contributed by atoms with Crippen LogP contribution in [-0.4, -0.2) is 38.5 Å². The van der Waals surface area contributed by atoms with Gasteiger partial charge in [-0.25, -0.2) is 0 Å². The lowest BCUT2D eigenvalue weighted by Gasteiger charge is -2.14. The Morgan fingerprint density at radius 1 is 1.23 bits per heavy atom. The number of hydrogen-bond acceptors (Lipinski definition) is 5. The fraction of sp³-hybridized carbons (Fsp3) is 0.263. The summed E-state index contributed by atoms with van der Waals surface area (Å²) in [7, 11) is 0. The van der Waals surface area contributed by atoms with Crippen LogP contribution in [-0.2, 0) is 6.54 Å². The minimum absolute atomic E-state index is 0.0451. The first-order valence-electron chi connectivity index (χ1n) is 8.51. The van der Waals surface area contributed by atoms with Crippen molar-refractivity contribution in [2.24, 2.45) is 0 Å². The van der Waals surface area contributed by atoms with Crippen LogP contribution in [0.2, 0.25) is 0 Å². The predicted octanol–water partition coefficient (Wildman–Crippen LogP) is 2.56. The van der Waals surface area contributed by atoms with E-state index < -0.39 is 0 Å². The molecule has 0 aliphatic carbocycles. The quantitative estimate of drug-likeness (QED) is 0.707. The lowest BCUT2D eigenvalue weighted by atomic mass is 10.1. The highest BCUT2D eigenvalue weighted by Crippen LogP contribution is 2.19. The summed E-state index contributed by atoms with van der Waals surface area (Å²) < 4.78 is 7.09. The van der Waals surface area contributed by atoms with Crippen molar-refractivity contribution in [3.05, 3.63) is 60.4 Å². The highest BCUT2D eigenvalue weighted by atomic mass is 16.5. The molecule has 0 aliphatic rings. The van der Waals surface area contributed by atoms with E-state index in [9.17, 15) is 4.79 Å². The van der Waals surface area contributed by atoms with E-state index in [0.29, 0.717) is 30.3 Å². The van der Waals surface area contributed by atoms with E-state index in [1.807, 2.05) is 44.3 Å². The topological polar surface area (TPSA) is 81.9 Å². The third-order valence-corrected chi connectivity index (χ3v) is 3.75. The number of amides is 1. The van der Waals surface area contributed by atoms with Gasteiger partial charge in [0.05, 0.1) is 18.8 Å². The molecule has 7 nitrogen and oxygen atoms in total. The Kier molecular flexibility index (Phi) is 5.58. The van der Waals surface area contributed by atoms with Gasteiger partial charge >= 0.3 is 0 Å². The van der Waals surface area contributed by atoms with Crippen LogP contribution in [0.1, 0.15) is 24.2 Å². The molecule has 0 saturated heterocycles. The molecule has 0 fully saturated rings. The van der Waals surface area contributed by atoms with E-state index in [2.05, 4.69) is 20.6 Å². The van der Waals surface area contributed by atoms with Crippen LogP contribution in [0.4, 0.5) is 0 Å². The van der Waals surface area contributed by atoms with Gasteiger partial charge in [0.25, 0.3) is 5.91 Å². The van der Waals surface area contributed by atoms with Gasteiger partial charge in [-0.2, -0.15) is 5.10 Å². The van der Waals surface area contributed by atoms with Crippen LogP contribution in [0.5, 0.6) is 5.88 Å². The molecule has 1 amide bonds. The van der Waals surface area contributed by atoms with E-state index in [1.54, 1.807) is 29.1 Å². The number of benzene rings is 1. The number of aromatic nitrogens is 4. The number of carbonyl (C=O) groups is 1. The summed E-state index contributed by atoms with van der Waals surface area (Å²) in [5, 5.41) is 15.3. The molecule has 134 valence electrons. The monoisotopic (exact) mass is 351 g/mol. The van der Waals surface area contributed by atoms with Gasteiger partial charge in [-0.05, 0) is 38.1 Å². The average molecular weight is 351 g/mol. The fourth-order valence-corrected chi connectivity index (χ4v) is 2.56. The molecule has 0 aliphatic heterocycles. The second-order valence-corrected chi connectivity index (χ2v) is 5.87. The molecule has 26 heavy (non-hydrogen) atoms. The van der Waals surface area contributed by atoms with E-state index in [-0.39, 0.29) is 11.9 Å². The molecular formula is C19H21N5O2. The second-order valence-electron chi connectivity index (χ2n) is 5.87. The van der Waals surface area contributed by atoms with Gasteiger partial charge in [0.15, 0.2) is 0 Å². The zero-order valence-corrected chi connectivity index (χ0v) is 14.8. The van der Waals surface area contributed by atoms with Crippen LogP contribution < -0.4 is 10.1 Å². The summed E-state index contributed by atoms with van der Waals surface area (Å²) in [4.78, 5) is 12.5. The number of ether oxygens (including phenoxy) is 1. The molecule has 2 aromatic heterocycles. The highest BCUT2D eigenvalue weighted by Gasteiger charge is 2.12. The lowest BCUT2D eigenvalue weighted by Crippen LogP contribution is -2.35. The van der Waals surface area contributed by atoms with Crippen LogP contribution in [0.25, 0.3) is 11.3 Å². The maximum absolute atomic E-state index is 12.5. The van der Waals surface area contributed by atoms with Crippen molar-refractivity contribution in [2.45, 2.75) is 26.4 Å². The van der Waals surface area contributed by atoms with Crippen molar-refractivity contribution >= 4 is 5.91 Å². The van der Waals surface area contributed by atoms with Crippen molar-refractivity contribution < 1.29 is 9.53 Å². The molecule has 3 rings (SSSR count). The number of rotatable bonds is 7. The van der Waals surface area contributed by atoms with Crippen molar-refractivity contribution in [1.82, 2.24) is 25.3 Å². The van der Waals surface area contributed by atoms with Crippen LogP contribution >= 0.6 is 0 Å². The molecule has 0 unspecified atom stereocenters. The van der Waals surface area contributed by atoms with E-state index >= 15 is 0 Å². The second kappa shape index (κ2) is 8.24. The highest BCUT2D eigenvalue weighted by molar-refractivity contribution is 5.95. The smallest absolute Gasteiger partial charge is 0.251 e. The maximum atomic E-state index is 12.5. The lowest BCUT2D eigenvalue weighted by molar-refractivity contribution is 0.0936. The zero-order valence-electron chi connectivity index (χ0n) is 14.8. The summed E-state index contributed by atoms with van der Waals surface area (Å²) in [6.07, 6.45) is 3.59. The Labute approximate surface area is 152 Å². The van der Waals surface area contributed by atoms with Crippen LogP contribution in [0.15, 0.2) is 54.9 Å². The third kappa shape index (κ3) is 4.44. The van der Waals surface area contributed by atoms with Gasteiger partial charge in [0.1, 0.15) is 0 Å². The summed E-state index contributed by atoms with van der Waals surface area (Å²) in [5.74, 6) is 0.350. The number of hydrogen-bond donors (Lipinski definition) is 1. The Morgan fingerprint density at radius 3 is 2.81 bits per heavy atom. The first kappa shape index (κ1) is 17.6. The van der Waals surface area contributed by atoms with E-state index in [4.69, 9.17) is 4.74 Å². The van der Waals surface area contributed by atoms with Crippen molar-refractivity contribution in [3.63, 3.8) is 0 Å². The molecule has 0 spiro atoms. The number of nitrogens with zero attached hydrogens (tertiary/aromatic N) is 4. The molecule has 3 aromatic rings. The Morgan fingerprint density at radius 2 is 2.12 bits per heavy atom. The minimum atomic E-state index is -0.134. The van der Waals surface area contributed by atoms with Crippen molar-refractivity contribution in [1.29, 1.82) is 0 Å². The summed E-state index contributed by atoms with van der Waals surface area (Å²) >= 11 is 0. The van der Waals surface area contributed by atoms with Gasteiger partial charge in [-0.3, -0.25) is 9.48 Å². The fourth-order valence-electron chi connectivity index (χ4n) is 2.56. The summed E-state index contributed by atoms with van der Waals surface area (Å²) in [6.45, 7) is 5.00. The minimum Gasteiger partial charge on any atom is -0.477 e. The molecular weight excluding hydrogens is 330 g/mol. The van der Waals surface area contributed by atoms with Crippen molar-refractivity contribution in [2.75, 3.05) is 6.61 Å². The zero-order chi connectivity index (χ0) is 18.4. The molecule has 2 heterocycles. The predicted molar refractivity (Wildman–Crippen MR) is 97.8 cm³/mol. The number of carbonyl (C=O) groups excluding carboxylic acids is 1. The summed E-state index contributed by atoms with van der Waals surface area (Å²) in [6, 6.07) is 12.7. The van der Waals surface area contributed by atoms with Gasteiger partial charge < -0.3 is 10.1 Å². The molecule has 0 bridgehead atoms. The summed E-state index contributed by atoms with van der Waals surface area (Å²) in [5.41, 5.74) is 2.09. The van der Waals surface area contributed by atoms with E-state index in [1.165, 1.54) is 0 Å². The first-order chi connectivity index (χ1) is 12.7. The van der Waals surface area contributed by atoms with Gasteiger partial charge in [-0.1, -0.05) is 12.1 Å². The normalized spacial score (nSPS) is 11.8. The molecule has 0 radical (unpaired) electrons. The molecule has 0 saturated carbocycles. The third-order valence-electron chi connectivity index (χ3n) is 3.75. The van der Waals surface area contributed by atoms with Crippen LogP contribution in [0.3, 0.4) is 0 Å². The molecule has 1 aromatic carbocycles. The van der Waals surface area contributed by atoms with Gasteiger partial charge in [0, 0.05) is 35.6 Å². The SMILES string of the molecule is CCOc1ccc(-c2cccc(C(=O)N[C@H](C)Cn3cccn3)c2)nn1. The largest absolute Gasteiger partial charge is 0.477 e. The average Bonchev–Trinajstić information content (AvgIpc) is 3.15. The Hall–Kier alpha value is -3.22. The molecule has 1 atom stereocenters. The Bertz CT molecular complexity index is 847. The maximum Gasteiger partial charge on any atom is 0.251 e. The standard InChI is InChI=1S/C19H21N5O2/c1-3-26-18-9-8-17(22-23-18)15-6-4-7-16(12-15)19(25)21-14(2)13-24-11-5-10-20-24/h4-12,14H,3,13H2,1-2H3,(H,21,25)/t14-/m1/s1. The van der Waals surface area contributed by atoms with Crippen LogP contribution in [0, 0.1) is 0 Å². The van der Waals surface area contributed by atoms with Gasteiger partial charge in [0.2, 0.25) is 5.88 Å². The molecule has 7 heteroatoms. The number of nitrogens with one attached hydrogen (secondary N) is 1. The Balaban J connectivity index is 1.68.